The van der Waals surface area contributed by atoms with Gasteiger partial charge < -0.3 is 5.32 Å². The highest BCUT2D eigenvalue weighted by atomic mass is 19.1. The van der Waals surface area contributed by atoms with E-state index < -0.39 is 0 Å². The summed E-state index contributed by atoms with van der Waals surface area (Å²) in [7, 11) is 0. The summed E-state index contributed by atoms with van der Waals surface area (Å²) in [5, 5.41) is 14.7. The van der Waals surface area contributed by atoms with Crippen molar-refractivity contribution < 1.29 is 9.18 Å². The van der Waals surface area contributed by atoms with Crippen molar-refractivity contribution in [3.8, 4) is 11.4 Å². The lowest BCUT2D eigenvalue weighted by Gasteiger charge is -2.07. The van der Waals surface area contributed by atoms with Gasteiger partial charge in [-0.05, 0) is 35.9 Å². The van der Waals surface area contributed by atoms with Gasteiger partial charge >= 0.3 is 0 Å². The lowest BCUT2D eigenvalue weighted by Crippen LogP contribution is -2.21. The van der Waals surface area contributed by atoms with Crippen LogP contribution in [0.1, 0.15) is 5.56 Å². The number of halogens is 1. The average molecular weight is 311 g/mol. The maximum atomic E-state index is 13.1. The molecule has 0 atom stereocenters. The van der Waals surface area contributed by atoms with Crippen molar-refractivity contribution in [2.24, 2.45) is 0 Å². The molecule has 0 fully saturated rings. The Hall–Kier alpha value is -3.09. The van der Waals surface area contributed by atoms with Crippen molar-refractivity contribution in [2.45, 2.75) is 13.5 Å². The van der Waals surface area contributed by atoms with Crippen LogP contribution < -0.4 is 5.32 Å². The molecule has 1 amide bonds. The molecule has 2 aromatic carbocycles. The predicted molar refractivity (Wildman–Crippen MR) is 83.0 cm³/mol. The molecule has 7 heteroatoms. The number of anilines is 1. The fraction of sp³-hybridized carbons (Fsp3) is 0.125. The zero-order valence-electron chi connectivity index (χ0n) is 12.4. The molecule has 1 aromatic heterocycles. The van der Waals surface area contributed by atoms with Crippen LogP contribution in [-0.2, 0) is 11.3 Å². The third-order valence-corrected chi connectivity index (χ3v) is 3.23. The second-order valence-corrected chi connectivity index (χ2v) is 5.02. The minimum absolute atomic E-state index is 0.0728. The Morgan fingerprint density at radius 2 is 2.00 bits per heavy atom. The normalized spacial score (nSPS) is 10.5. The van der Waals surface area contributed by atoms with E-state index in [0.717, 1.165) is 5.56 Å². The molecule has 1 heterocycles. The summed E-state index contributed by atoms with van der Waals surface area (Å²) < 4.78 is 13.1. The highest BCUT2D eigenvalue weighted by Gasteiger charge is 2.10. The average Bonchev–Trinajstić information content (AvgIpc) is 2.99. The standard InChI is InChI=1S/C16H14FN5O/c1-11-9-13(17)7-8-14(11)18-15(23)10-22-20-16(19-21-22)12-5-3-2-4-6-12/h2-9H,10H2,1H3,(H,18,23). The van der Waals surface area contributed by atoms with Gasteiger partial charge in [-0.2, -0.15) is 4.80 Å². The van der Waals surface area contributed by atoms with E-state index in [1.807, 2.05) is 30.3 Å². The minimum atomic E-state index is -0.342. The molecule has 23 heavy (non-hydrogen) atoms. The molecule has 0 aliphatic rings. The van der Waals surface area contributed by atoms with E-state index >= 15 is 0 Å². The molecule has 6 nitrogen and oxygen atoms in total. The van der Waals surface area contributed by atoms with Gasteiger partial charge in [0.15, 0.2) is 0 Å². The van der Waals surface area contributed by atoms with E-state index in [1.54, 1.807) is 6.92 Å². The van der Waals surface area contributed by atoms with E-state index in [-0.39, 0.29) is 18.3 Å². The number of carbonyl (C=O) groups is 1. The lowest BCUT2D eigenvalue weighted by atomic mass is 10.2. The zero-order valence-corrected chi connectivity index (χ0v) is 12.4. The Balaban J connectivity index is 1.68. The van der Waals surface area contributed by atoms with Crippen molar-refractivity contribution in [1.82, 2.24) is 20.2 Å². The van der Waals surface area contributed by atoms with Gasteiger partial charge in [0.25, 0.3) is 0 Å². The highest BCUT2D eigenvalue weighted by Crippen LogP contribution is 2.16. The first-order valence-corrected chi connectivity index (χ1v) is 7.01. The molecule has 0 spiro atoms. The second-order valence-electron chi connectivity index (χ2n) is 5.02. The van der Waals surface area contributed by atoms with Crippen LogP contribution in [0.5, 0.6) is 0 Å². The molecule has 0 saturated carbocycles. The van der Waals surface area contributed by atoms with Gasteiger partial charge in [-0.25, -0.2) is 4.39 Å². The first kappa shape index (κ1) is 14.8. The summed E-state index contributed by atoms with van der Waals surface area (Å²) in [5.74, 6) is -0.195. The Kier molecular flexibility index (Phi) is 4.09. The molecule has 3 rings (SSSR count). The van der Waals surface area contributed by atoms with Crippen molar-refractivity contribution in [3.05, 3.63) is 59.9 Å². The number of carbonyl (C=O) groups excluding carboxylic acids is 1. The zero-order chi connectivity index (χ0) is 16.2. The lowest BCUT2D eigenvalue weighted by molar-refractivity contribution is -0.117. The fourth-order valence-electron chi connectivity index (χ4n) is 2.10. The van der Waals surface area contributed by atoms with Crippen molar-refractivity contribution in [2.75, 3.05) is 5.32 Å². The maximum Gasteiger partial charge on any atom is 0.248 e. The summed E-state index contributed by atoms with van der Waals surface area (Å²) in [6, 6.07) is 13.5. The van der Waals surface area contributed by atoms with E-state index in [4.69, 9.17) is 0 Å². The van der Waals surface area contributed by atoms with Gasteiger partial charge in [-0.1, -0.05) is 30.3 Å². The Morgan fingerprint density at radius 3 is 2.74 bits per heavy atom. The minimum Gasteiger partial charge on any atom is -0.324 e. The molecule has 1 N–H and O–H groups in total. The molecule has 3 aromatic rings. The van der Waals surface area contributed by atoms with Gasteiger partial charge in [0, 0.05) is 11.3 Å². The SMILES string of the molecule is Cc1cc(F)ccc1NC(=O)Cn1nnc(-c2ccccc2)n1. The predicted octanol–water partition coefficient (Wildman–Crippen LogP) is 2.43. The molecular weight excluding hydrogens is 297 g/mol. The van der Waals surface area contributed by atoms with Crippen LogP contribution in [0.25, 0.3) is 11.4 Å². The Bertz CT molecular complexity index is 831. The number of hydrogen-bond donors (Lipinski definition) is 1. The van der Waals surface area contributed by atoms with Gasteiger partial charge in [0.2, 0.25) is 11.7 Å². The van der Waals surface area contributed by atoms with E-state index in [2.05, 4.69) is 20.7 Å². The highest BCUT2D eigenvalue weighted by molar-refractivity contribution is 5.91. The number of aromatic nitrogens is 4. The second kappa shape index (κ2) is 6.35. The first-order chi connectivity index (χ1) is 11.1. The van der Waals surface area contributed by atoms with Crippen LogP contribution in [0.15, 0.2) is 48.5 Å². The number of rotatable bonds is 4. The number of benzene rings is 2. The summed E-state index contributed by atoms with van der Waals surface area (Å²) in [5.41, 5.74) is 2.03. The third kappa shape index (κ3) is 3.57. The fourth-order valence-corrected chi connectivity index (χ4v) is 2.10. The number of nitrogens with zero attached hydrogens (tertiary/aromatic N) is 4. The summed E-state index contributed by atoms with van der Waals surface area (Å²) in [6.07, 6.45) is 0. The van der Waals surface area contributed by atoms with Crippen LogP contribution in [0.4, 0.5) is 10.1 Å². The van der Waals surface area contributed by atoms with Gasteiger partial charge in [0.05, 0.1) is 0 Å². The number of aryl methyl sites for hydroxylation is 1. The topological polar surface area (TPSA) is 72.7 Å². The molecule has 116 valence electrons. The van der Waals surface area contributed by atoms with Crippen LogP contribution >= 0.6 is 0 Å². The molecular formula is C16H14FN5O. The summed E-state index contributed by atoms with van der Waals surface area (Å²) >= 11 is 0. The van der Waals surface area contributed by atoms with Crippen molar-refractivity contribution >= 4 is 11.6 Å². The van der Waals surface area contributed by atoms with Crippen LogP contribution in [0, 0.1) is 12.7 Å². The van der Waals surface area contributed by atoms with Gasteiger partial charge in [-0.3, -0.25) is 4.79 Å². The monoisotopic (exact) mass is 311 g/mol. The van der Waals surface area contributed by atoms with Crippen LogP contribution in [-0.4, -0.2) is 26.1 Å². The van der Waals surface area contributed by atoms with Gasteiger partial charge in [0.1, 0.15) is 12.4 Å². The van der Waals surface area contributed by atoms with E-state index in [9.17, 15) is 9.18 Å². The molecule has 0 aliphatic heterocycles. The largest absolute Gasteiger partial charge is 0.324 e. The molecule has 0 unspecified atom stereocenters. The van der Waals surface area contributed by atoms with E-state index in [0.29, 0.717) is 17.1 Å². The van der Waals surface area contributed by atoms with Crippen LogP contribution in [0.2, 0.25) is 0 Å². The van der Waals surface area contributed by atoms with Gasteiger partial charge in [-0.15, -0.1) is 10.2 Å². The summed E-state index contributed by atoms with van der Waals surface area (Å²) in [4.78, 5) is 13.3. The third-order valence-electron chi connectivity index (χ3n) is 3.23. The molecule has 0 aliphatic carbocycles. The number of hydrogen-bond acceptors (Lipinski definition) is 4. The molecule has 0 radical (unpaired) electrons. The van der Waals surface area contributed by atoms with Crippen molar-refractivity contribution in [1.29, 1.82) is 0 Å². The van der Waals surface area contributed by atoms with E-state index in [1.165, 1.54) is 23.0 Å². The summed E-state index contributed by atoms with van der Waals surface area (Å²) in [6.45, 7) is 1.65. The van der Waals surface area contributed by atoms with Crippen LogP contribution in [0.3, 0.4) is 0 Å². The maximum absolute atomic E-state index is 13.1. The Labute approximate surface area is 132 Å². The number of amides is 1. The van der Waals surface area contributed by atoms with Crippen molar-refractivity contribution in [3.63, 3.8) is 0 Å². The number of tetrazole rings is 1. The Morgan fingerprint density at radius 1 is 1.22 bits per heavy atom. The molecule has 0 bridgehead atoms. The quantitative estimate of drug-likeness (QED) is 0.803. The first-order valence-electron chi connectivity index (χ1n) is 7.01. The smallest absolute Gasteiger partial charge is 0.248 e. The molecule has 0 saturated heterocycles. The number of nitrogens with one attached hydrogen (secondary N) is 1.